The fourth-order valence-corrected chi connectivity index (χ4v) is 1.06. The smallest absolute Gasteiger partial charge is 0.180 e. The Hall–Kier alpha value is -2.04. The van der Waals surface area contributed by atoms with Gasteiger partial charge in [-0.15, -0.1) is 0 Å². The van der Waals surface area contributed by atoms with Gasteiger partial charge >= 0.3 is 0 Å². The summed E-state index contributed by atoms with van der Waals surface area (Å²) in [5.74, 6) is 1.23. The third-order valence-corrected chi connectivity index (χ3v) is 1.70. The number of hydrogen-bond acceptors (Lipinski definition) is 5. The van der Waals surface area contributed by atoms with Gasteiger partial charge in [-0.2, -0.15) is 0 Å². The lowest BCUT2D eigenvalue weighted by Gasteiger charge is -2.02. The van der Waals surface area contributed by atoms with Crippen molar-refractivity contribution >= 4 is 11.6 Å². The highest BCUT2D eigenvalue weighted by molar-refractivity contribution is 5.42. The maximum absolute atomic E-state index is 5.52. The van der Waals surface area contributed by atoms with Gasteiger partial charge in [0.05, 0.1) is 12.2 Å². The quantitative estimate of drug-likeness (QED) is 0.762. The van der Waals surface area contributed by atoms with E-state index in [-0.39, 0.29) is 0 Å². The molecule has 2 aromatic heterocycles. The molecule has 14 heavy (non-hydrogen) atoms. The molecule has 0 aliphatic rings. The highest BCUT2D eigenvalue weighted by atomic mass is 16.3. The molecule has 0 bridgehead atoms. The number of nitrogen functional groups attached to an aromatic ring is 1. The summed E-state index contributed by atoms with van der Waals surface area (Å²) in [4.78, 5) is 8.05. The lowest BCUT2D eigenvalue weighted by atomic mass is 10.4. The number of oxazole rings is 1. The van der Waals surface area contributed by atoms with E-state index in [0.717, 1.165) is 11.5 Å². The number of rotatable bonds is 3. The molecule has 72 valence electrons. The summed E-state index contributed by atoms with van der Waals surface area (Å²) in [6, 6.07) is 5.42. The van der Waals surface area contributed by atoms with Crippen molar-refractivity contribution in [3.8, 4) is 0 Å². The molecular formula is C9H10N4O. The lowest BCUT2D eigenvalue weighted by Crippen LogP contribution is -2.02. The van der Waals surface area contributed by atoms with Gasteiger partial charge in [0.25, 0.3) is 0 Å². The predicted molar refractivity (Wildman–Crippen MR) is 52.5 cm³/mol. The maximum Gasteiger partial charge on any atom is 0.180 e. The van der Waals surface area contributed by atoms with Crippen molar-refractivity contribution in [1.82, 2.24) is 9.97 Å². The molecule has 0 fully saturated rings. The second kappa shape index (κ2) is 3.78. The fourth-order valence-electron chi connectivity index (χ4n) is 1.06. The Morgan fingerprint density at radius 2 is 2.36 bits per heavy atom. The van der Waals surface area contributed by atoms with Crippen LogP contribution in [-0.2, 0) is 6.54 Å². The third kappa shape index (κ3) is 2.01. The maximum atomic E-state index is 5.52. The van der Waals surface area contributed by atoms with E-state index in [9.17, 15) is 0 Å². The van der Waals surface area contributed by atoms with E-state index in [2.05, 4.69) is 15.3 Å². The van der Waals surface area contributed by atoms with E-state index < -0.39 is 0 Å². The molecule has 0 aliphatic heterocycles. The van der Waals surface area contributed by atoms with Crippen LogP contribution in [-0.4, -0.2) is 9.97 Å². The van der Waals surface area contributed by atoms with Crippen molar-refractivity contribution in [1.29, 1.82) is 0 Å². The zero-order valence-corrected chi connectivity index (χ0v) is 7.47. The largest absolute Gasteiger partial charge is 0.451 e. The van der Waals surface area contributed by atoms with Crippen LogP contribution in [0, 0.1) is 0 Å². The zero-order chi connectivity index (χ0) is 9.80. The second-order valence-corrected chi connectivity index (χ2v) is 2.78. The van der Waals surface area contributed by atoms with Gasteiger partial charge in [0.2, 0.25) is 0 Å². The first-order chi connectivity index (χ1) is 6.84. The summed E-state index contributed by atoms with van der Waals surface area (Å²) in [5.41, 5.74) is 6.35. The molecule has 0 aromatic carbocycles. The molecule has 0 saturated carbocycles. The van der Waals surface area contributed by atoms with Crippen molar-refractivity contribution < 1.29 is 4.42 Å². The molecule has 2 aromatic rings. The average molecular weight is 190 g/mol. The van der Waals surface area contributed by atoms with Crippen LogP contribution in [0.1, 0.15) is 5.69 Å². The first-order valence-corrected chi connectivity index (χ1v) is 4.18. The van der Waals surface area contributed by atoms with Crippen molar-refractivity contribution in [3.05, 3.63) is 36.5 Å². The molecule has 0 unspecified atom stereocenters. The molecule has 3 N–H and O–H groups in total. The van der Waals surface area contributed by atoms with Crippen LogP contribution in [0.2, 0.25) is 0 Å². The summed E-state index contributed by atoms with van der Waals surface area (Å²) in [6.45, 7) is 0.576. The Bertz CT molecular complexity index is 399. The van der Waals surface area contributed by atoms with E-state index in [4.69, 9.17) is 10.2 Å². The topological polar surface area (TPSA) is 77.0 Å². The normalized spacial score (nSPS) is 10.0. The number of nitrogens with one attached hydrogen (secondary N) is 1. The fraction of sp³-hybridized carbons (Fsp3) is 0.111. The molecule has 0 saturated heterocycles. The third-order valence-electron chi connectivity index (χ3n) is 1.70. The van der Waals surface area contributed by atoms with Gasteiger partial charge in [-0.3, -0.25) is 0 Å². The van der Waals surface area contributed by atoms with Crippen LogP contribution in [0.4, 0.5) is 11.6 Å². The molecule has 5 nitrogen and oxygen atoms in total. The van der Waals surface area contributed by atoms with Crippen molar-refractivity contribution in [2.75, 3.05) is 11.1 Å². The van der Waals surface area contributed by atoms with Crippen LogP contribution in [0.25, 0.3) is 0 Å². The number of nitrogens with two attached hydrogens (primary N) is 1. The first kappa shape index (κ1) is 8.55. The van der Waals surface area contributed by atoms with Gasteiger partial charge in [0.1, 0.15) is 17.9 Å². The van der Waals surface area contributed by atoms with Gasteiger partial charge in [-0.25, -0.2) is 9.97 Å². The number of pyridine rings is 1. The zero-order valence-electron chi connectivity index (χ0n) is 7.47. The van der Waals surface area contributed by atoms with E-state index in [1.807, 2.05) is 12.1 Å². The van der Waals surface area contributed by atoms with Crippen molar-refractivity contribution in [3.63, 3.8) is 0 Å². The Morgan fingerprint density at radius 1 is 1.43 bits per heavy atom. The average Bonchev–Trinajstić information content (AvgIpc) is 2.67. The number of hydrogen-bond donors (Lipinski definition) is 2. The number of anilines is 2. The SMILES string of the molecule is Nc1cccc(NCc2cocn2)n1. The molecule has 0 atom stereocenters. The highest BCUT2D eigenvalue weighted by Gasteiger charge is 1.97. The van der Waals surface area contributed by atoms with Gasteiger partial charge < -0.3 is 15.5 Å². The minimum atomic E-state index is 0.496. The van der Waals surface area contributed by atoms with Crippen LogP contribution in [0.3, 0.4) is 0 Å². The monoisotopic (exact) mass is 190 g/mol. The molecule has 0 radical (unpaired) electrons. The first-order valence-electron chi connectivity index (χ1n) is 4.18. The van der Waals surface area contributed by atoms with Crippen LogP contribution in [0.5, 0.6) is 0 Å². The van der Waals surface area contributed by atoms with Crippen molar-refractivity contribution in [2.24, 2.45) is 0 Å². The Labute approximate surface area is 81.0 Å². The van der Waals surface area contributed by atoms with Crippen LogP contribution >= 0.6 is 0 Å². The minimum Gasteiger partial charge on any atom is -0.451 e. The lowest BCUT2D eigenvalue weighted by molar-refractivity contribution is 0.556. The standard InChI is InChI=1S/C9H10N4O/c10-8-2-1-3-9(13-8)11-4-7-5-14-6-12-7/h1-3,5-6H,4H2,(H3,10,11,13). The van der Waals surface area contributed by atoms with Gasteiger partial charge in [-0.05, 0) is 12.1 Å². The Morgan fingerprint density at radius 3 is 3.07 bits per heavy atom. The summed E-state index contributed by atoms with van der Waals surface area (Å²) in [5, 5.41) is 3.07. The molecule has 0 spiro atoms. The predicted octanol–water partition coefficient (Wildman–Crippen LogP) is 1.26. The molecule has 5 heteroatoms. The van der Waals surface area contributed by atoms with E-state index in [1.165, 1.54) is 6.39 Å². The Balaban J connectivity index is 1.98. The second-order valence-electron chi connectivity index (χ2n) is 2.78. The summed E-state index contributed by atoms with van der Waals surface area (Å²) < 4.78 is 4.83. The highest BCUT2D eigenvalue weighted by Crippen LogP contribution is 2.07. The van der Waals surface area contributed by atoms with Gasteiger partial charge in [-0.1, -0.05) is 6.07 Å². The summed E-state index contributed by atoms with van der Waals surface area (Å²) in [7, 11) is 0. The number of nitrogens with zero attached hydrogens (tertiary/aromatic N) is 2. The molecular weight excluding hydrogens is 180 g/mol. The summed E-state index contributed by atoms with van der Waals surface area (Å²) >= 11 is 0. The minimum absolute atomic E-state index is 0.496. The van der Waals surface area contributed by atoms with E-state index >= 15 is 0 Å². The van der Waals surface area contributed by atoms with Gasteiger partial charge in [0, 0.05) is 0 Å². The molecule has 0 amide bonds. The summed E-state index contributed by atoms with van der Waals surface area (Å²) in [6.07, 6.45) is 2.98. The van der Waals surface area contributed by atoms with Gasteiger partial charge in [0.15, 0.2) is 6.39 Å². The number of aromatic nitrogens is 2. The van der Waals surface area contributed by atoms with E-state index in [1.54, 1.807) is 12.3 Å². The van der Waals surface area contributed by atoms with E-state index in [0.29, 0.717) is 12.4 Å². The molecule has 2 rings (SSSR count). The Kier molecular flexibility index (Phi) is 2.31. The molecule has 0 aliphatic carbocycles. The van der Waals surface area contributed by atoms with Crippen LogP contribution in [0.15, 0.2) is 35.3 Å². The van der Waals surface area contributed by atoms with Crippen LogP contribution < -0.4 is 11.1 Å². The molecule has 2 heterocycles. The van der Waals surface area contributed by atoms with Crippen molar-refractivity contribution in [2.45, 2.75) is 6.54 Å².